The van der Waals surface area contributed by atoms with E-state index >= 15 is 0 Å². The Morgan fingerprint density at radius 2 is 1.64 bits per heavy atom. The van der Waals surface area contributed by atoms with Gasteiger partial charge in [-0.15, -0.1) is 11.6 Å². The molecule has 1 heterocycles. The van der Waals surface area contributed by atoms with Gasteiger partial charge in [0.1, 0.15) is 11.6 Å². The molecule has 0 fully saturated rings. The zero-order valence-electron chi connectivity index (χ0n) is 13.0. The van der Waals surface area contributed by atoms with Gasteiger partial charge in [-0.1, -0.05) is 30.3 Å². The predicted molar refractivity (Wildman–Crippen MR) is 96.4 cm³/mol. The summed E-state index contributed by atoms with van der Waals surface area (Å²) in [7, 11) is -3.79. The highest BCUT2D eigenvalue weighted by atomic mass is 35.5. The normalized spacial score (nSPS) is 11.3. The molecule has 0 unspecified atom stereocenters. The van der Waals surface area contributed by atoms with Crippen molar-refractivity contribution < 1.29 is 12.8 Å². The summed E-state index contributed by atoms with van der Waals surface area (Å²) in [5.41, 5.74) is 2.06. The molecule has 0 bridgehead atoms. The molecule has 0 aliphatic rings. The summed E-state index contributed by atoms with van der Waals surface area (Å²) in [5, 5.41) is 0. The number of anilines is 1. The second-order valence-corrected chi connectivity index (χ2v) is 7.20. The third kappa shape index (κ3) is 3.97. The summed E-state index contributed by atoms with van der Waals surface area (Å²) in [6.07, 6.45) is 1.53. The van der Waals surface area contributed by atoms with Gasteiger partial charge in [-0.25, -0.2) is 17.8 Å². The molecule has 0 spiro atoms. The summed E-state index contributed by atoms with van der Waals surface area (Å²) in [4.78, 5) is 4.25. The number of hydrogen-bond donors (Lipinski definition) is 1. The quantitative estimate of drug-likeness (QED) is 0.670. The van der Waals surface area contributed by atoms with Crippen LogP contribution in [0.4, 0.5) is 10.2 Å². The number of sulfonamides is 1. The van der Waals surface area contributed by atoms with Crippen molar-refractivity contribution in [3.05, 3.63) is 78.2 Å². The Kier molecular flexibility index (Phi) is 5.01. The zero-order valence-corrected chi connectivity index (χ0v) is 14.6. The van der Waals surface area contributed by atoms with Gasteiger partial charge >= 0.3 is 0 Å². The van der Waals surface area contributed by atoms with Crippen molar-refractivity contribution in [1.29, 1.82) is 0 Å². The van der Waals surface area contributed by atoms with Gasteiger partial charge in [-0.3, -0.25) is 4.72 Å². The summed E-state index contributed by atoms with van der Waals surface area (Å²) < 4.78 is 40.5. The second-order valence-electron chi connectivity index (χ2n) is 5.29. The van der Waals surface area contributed by atoms with E-state index in [1.165, 1.54) is 24.4 Å². The maximum Gasteiger partial charge on any atom is 0.263 e. The Bertz CT molecular complexity index is 975. The van der Waals surface area contributed by atoms with E-state index in [1.54, 1.807) is 42.5 Å². The molecule has 7 heteroatoms. The number of hydrogen-bond acceptors (Lipinski definition) is 3. The van der Waals surface area contributed by atoms with Crippen LogP contribution in [0.3, 0.4) is 0 Å². The molecule has 0 amide bonds. The molecule has 4 nitrogen and oxygen atoms in total. The topological polar surface area (TPSA) is 59.1 Å². The van der Waals surface area contributed by atoms with Crippen LogP contribution in [0.1, 0.15) is 5.56 Å². The summed E-state index contributed by atoms with van der Waals surface area (Å²) >= 11 is 5.81. The van der Waals surface area contributed by atoms with Gasteiger partial charge < -0.3 is 0 Å². The van der Waals surface area contributed by atoms with Crippen molar-refractivity contribution >= 4 is 27.4 Å². The maximum atomic E-state index is 13.0. The van der Waals surface area contributed by atoms with E-state index in [0.29, 0.717) is 5.56 Å². The van der Waals surface area contributed by atoms with Crippen molar-refractivity contribution in [3.8, 4) is 11.1 Å². The van der Waals surface area contributed by atoms with Crippen molar-refractivity contribution in [1.82, 2.24) is 4.98 Å². The lowest BCUT2D eigenvalue weighted by Crippen LogP contribution is -2.15. The fourth-order valence-electron chi connectivity index (χ4n) is 2.34. The third-order valence-electron chi connectivity index (χ3n) is 3.59. The smallest absolute Gasteiger partial charge is 0.263 e. The van der Waals surface area contributed by atoms with E-state index in [2.05, 4.69) is 9.71 Å². The Morgan fingerprint density at radius 1 is 0.960 bits per heavy atom. The number of aromatic nitrogens is 1. The molecule has 25 heavy (non-hydrogen) atoms. The lowest BCUT2D eigenvalue weighted by atomic mass is 10.1. The molecule has 3 rings (SSSR count). The lowest BCUT2D eigenvalue weighted by molar-refractivity contribution is 0.600. The summed E-state index contributed by atoms with van der Waals surface area (Å²) in [6.45, 7) is 0. The van der Waals surface area contributed by atoms with Gasteiger partial charge in [0.05, 0.1) is 4.90 Å². The molecule has 3 aromatic rings. The number of alkyl halides is 1. The Balaban J connectivity index is 1.84. The van der Waals surface area contributed by atoms with Crippen LogP contribution < -0.4 is 4.72 Å². The SMILES string of the molecule is O=S(=O)(Nc1ccc(-c2ccc(F)cc2)cn1)c1ccccc1CCl. The predicted octanol–water partition coefficient (Wildman–Crippen LogP) is 4.43. The molecule has 0 radical (unpaired) electrons. The van der Waals surface area contributed by atoms with Gasteiger partial charge in [0.15, 0.2) is 0 Å². The minimum atomic E-state index is -3.79. The molecule has 2 aromatic carbocycles. The molecular formula is C18H14ClFN2O2S. The average Bonchev–Trinajstić information content (AvgIpc) is 2.63. The minimum Gasteiger partial charge on any atom is -0.263 e. The fraction of sp³-hybridized carbons (Fsp3) is 0.0556. The third-order valence-corrected chi connectivity index (χ3v) is 5.33. The largest absolute Gasteiger partial charge is 0.263 e. The van der Waals surface area contributed by atoms with Gasteiger partial charge in [0.25, 0.3) is 10.0 Å². The molecule has 0 aliphatic heterocycles. The average molecular weight is 377 g/mol. The first-order chi connectivity index (χ1) is 12.0. The highest BCUT2D eigenvalue weighted by Gasteiger charge is 2.18. The number of benzene rings is 2. The molecular weight excluding hydrogens is 363 g/mol. The highest BCUT2D eigenvalue weighted by Crippen LogP contribution is 2.23. The van der Waals surface area contributed by atoms with Crippen molar-refractivity contribution in [2.75, 3.05) is 4.72 Å². The monoisotopic (exact) mass is 376 g/mol. The molecule has 1 N–H and O–H groups in total. The number of pyridine rings is 1. The molecule has 0 aliphatic carbocycles. The standard InChI is InChI=1S/C18H14ClFN2O2S/c19-11-14-3-1-2-4-17(14)25(23,24)22-18-10-7-15(12-21-18)13-5-8-16(20)9-6-13/h1-10,12H,11H2,(H,21,22). The van der Waals surface area contributed by atoms with E-state index in [9.17, 15) is 12.8 Å². The van der Waals surface area contributed by atoms with Crippen LogP contribution in [0.25, 0.3) is 11.1 Å². The lowest BCUT2D eigenvalue weighted by Gasteiger charge is -2.10. The minimum absolute atomic E-state index is 0.0913. The van der Waals surface area contributed by atoms with E-state index in [4.69, 9.17) is 11.6 Å². The highest BCUT2D eigenvalue weighted by molar-refractivity contribution is 7.92. The van der Waals surface area contributed by atoms with Crippen LogP contribution in [-0.4, -0.2) is 13.4 Å². The van der Waals surface area contributed by atoms with Crippen LogP contribution in [0.15, 0.2) is 71.8 Å². The van der Waals surface area contributed by atoms with E-state index < -0.39 is 10.0 Å². The summed E-state index contributed by atoms with van der Waals surface area (Å²) in [5.74, 6) is -0.0390. The van der Waals surface area contributed by atoms with Gasteiger partial charge in [0.2, 0.25) is 0 Å². The fourth-order valence-corrected chi connectivity index (χ4v) is 3.90. The first-order valence-corrected chi connectivity index (χ1v) is 9.40. The Morgan fingerprint density at radius 3 is 2.28 bits per heavy atom. The van der Waals surface area contributed by atoms with Crippen LogP contribution in [-0.2, 0) is 15.9 Å². The Labute approximate surface area is 150 Å². The molecule has 0 saturated carbocycles. The van der Waals surface area contributed by atoms with Crippen LogP contribution in [0.2, 0.25) is 0 Å². The Hall–Kier alpha value is -2.44. The van der Waals surface area contributed by atoms with E-state index in [1.807, 2.05) is 0 Å². The van der Waals surface area contributed by atoms with Crippen molar-refractivity contribution in [3.63, 3.8) is 0 Å². The zero-order chi connectivity index (χ0) is 17.9. The molecule has 1 aromatic heterocycles. The molecule has 0 saturated heterocycles. The first kappa shape index (κ1) is 17.4. The molecule has 0 atom stereocenters. The van der Waals surface area contributed by atoms with Gasteiger partial charge in [-0.2, -0.15) is 0 Å². The van der Waals surface area contributed by atoms with Gasteiger partial charge in [-0.05, 0) is 41.5 Å². The van der Waals surface area contributed by atoms with Crippen LogP contribution in [0, 0.1) is 5.82 Å². The number of halogens is 2. The van der Waals surface area contributed by atoms with E-state index in [0.717, 1.165) is 11.1 Å². The number of nitrogens with one attached hydrogen (secondary N) is 1. The van der Waals surface area contributed by atoms with Crippen LogP contribution >= 0.6 is 11.6 Å². The maximum absolute atomic E-state index is 13.0. The van der Waals surface area contributed by atoms with Crippen molar-refractivity contribution in [2.24, 2.45) is 0 Å². The van der Waals surface area contributed by atoms with Crippen LogP contribution in [0.5, 0.6) is 0 Å². The summed E-state index contributed by atoms with van der Waals surface area (Å²) in [6, 6.07) is 15.8. The van der Waals surface area contributed by atoms with E-state index in [-0.39, 0.29) is 22.4 Å². The number of nitrogens with zero attached hydrogens (tertiary/aromatic N) is 1. The first-order valence-electron chi connectivity index (χ1n) is 7.38. The van der Waals surface area contributed by atoms with Gasteiger partial charge in [0, 0.05) is 17.6 Å². The number of rotatable bonds is 5. The molecule has 128 valence electrons. The second kappa shape index (κ2) is 7.21. The van der Waals surface area contributed by atoms with Crippen molar-refractivity contribution in [2.45, 2.75) is 10.8 Å².